The maximum absolute atomic E-state index is 9.22. The summed E-state index contributed by atoms with van der Waals surface area (Å²) in [6, 6.07) is 4.03. The van der Waals surface area contributed by atoms with Crippen molar-refractivity contribution in [3.8, 4) is 0 Å². The van der Waals surface area contributed by atoms with Crippen LogP contribution in [0.2, 0.25) is 0 Å². The lowest BCUT2D eigenvalue weighted by molar-refractivity contribution is -0.671. The van der Waals surface area contributed by atoms with Gasteiger partial charge in [0.2, 0.25) is 10.4 Å². The number of rotatable bonds is 2. The van der Waals surface area contributed by atoms with Crippen LogP contribution in [0.15, 0.2) is 24.5 Å². The van der Waals surface area contributed by atoms with E-state index in [0.29, 0.717) is 6.54 Å². The molecule has 0 fully saturated rings. The fourth-order valence-corrected chi connectivity index (χ4v) is 0.668. The Labute approximate surface area is 89.3 Å². The van der Waals surface area contributed by atoms with Crippen LogP contribution in [0.5, 0.6) is 0 Å². The molecule has 0 aliphatic heterocycles. The first-order valence-corrected chi connectivity index (χ1v) is 5.38. The first-order chi connectivity index (χ1) is 6.89. The van der Waals surface area contributed by atoms with Crippen LogP contribution >= 0.6 is 0 Å². The van der Waals surface area contributed by atoms with Crippen molar-refractivity contribution in [3.05, 3.63) is 30.1 Å². The molecule has 0 radical (unpaired) electrons. The molecule has 0 atom stereocenters. The first-order valence-electron chi connectivity index (χ1n) is 4.04. The van der Waals surface area contributed by atoms with Gasteiger partial charge in [-0.1, -0.05) is 0 Å². The summed E-state index contributed by atoms with van der Waals surface area (Å²) in [5.41, 5.74) is 6.56. The standard InChI is InChI=1S/C7H11N2.CH4O4S/c1-9-4-2-7(6-8)3-5-9;1-5-6(2,3)4/h2-5H,6,8H2,1H3;1H3,(H,2,3,4)/q+1;/p-1. The zero-order chi connectivity index (χ0) is 11.9. The fourth-order valence-electron chi connectivity index (χ4n) is 0.668. The number of nitrogens with two attached hydrogens (primary N) is 1. The molecule has 0 aromatic carbocycles. The van der Waals surface area contributed by atoms with Gasteiger partial charge in [-0.25, -0.2) is 13.0 Å². The van der Waals surface area contributed by atoms with Gasteiger partial charge < -0.3 is 10.3 Å². The van der Waals surface area contributed by atoms with Crippen molar-refractivity contribution >= 4 is 10.4 Å². The monoisotopic (exact) mass is 234 g/mol. The number of aryl methyl sites for hydroxylation is 1. The predicted molar refractivity (Wildman–Crippen MR) is 52.2 cm³/mol. The van der Waals surface area contributed by atoms with E-state index in [9.17, 15) is 13.0 Å². The Morgan fingerprint density at radius 2 is 1.87 bits per heavy atom. The molecule has 1 rings (SSSR count). The Hall–Kier alpha value is -1.02. The summed E-state index contributed by atoms with van der Waals surface area (Å²) in [6.45, 7) is 0.626. The van der Waals surface area contributed by atoms with Crippen LogP contribution < -0.4 is 10.3 Å². The number of pyridine rings is 1. The summed E-state index contributed by atoms with van der Waals surface area (Å²) < 4.78 is 33.0. The van der Waals surface area contributed by atoms with E-state index in [2.05, 4.69) is 4.18 Å². The lowest BCUT2D eigenvalue weighted by atomic mass is 10.3. The van der Waals surface area contributed by atoms with Crippen LogP contribution in [-0.2, 0) is 28.2 Å². The Bertz CT molecular complexity index is 374. The summed E-state index contributed by atoms with van der Waals surface area (Å²) in [7, 11) is -1.62. The van der Waals surface area contributed by atoms with Crippen molar-refractivity contribution in [3.63, 3.8) is 0 Å². The zero-order valence-corrected chi connectivity index (χ0v) is 9.40. The third kappa shape index (κ3) is 8.01. The molecule has 6 nitrogen and oxygen atoms in total. The average Bonchev–Trinajstić information content (AvgIpc) is 2.19. The smallest absolute Gasteiger partial charge is 0.217 e. The zero-order valence-electron chi connectivity index (χ0n) is 8.58. The summed E-state index contributed by atoms with van der Waals surface area (Å²) in [5.74, 6) is 0. The van der Waals surface area contributed by atoms with E-state index in [1.54, 1.807) is 0 Å². The van der Waals surface area contributed by atoms with Gasteiger partial charge in [0.05, 0.1) is 7.11 Å². The number of aromatic nitrogens is 1. The molecule has 86 valence electrons. The van der Waals surface area contributed by atoms with Gasteiger partial charge in [0.25, 0.3) is 0 Å². The molecule has 0 aliphatic rings. The lowest BCUT2D eigenvalue weighted by Crippen LogP contribution is -2.26. The average molecular weight is 234 g/mol. The van der Waals surface area contributed by atoms with Crippen molar-refractivity contribution in [2.24, 2.45) is 12.8 Å². The van der Waals surface area contributed by atoms with Gasteiger partial charge in [-0.2, -0.15) is 0 Å². The Balaban J connectivity index is 0.000000288. The van der Waals surface area contributed by atoms with Gasteiger partial charge in [-0.15, -0.1) is 0 Å². The van der Waals surface area contributed by atoms with Crippen molar-refractivity contribution in [1.82, 2.24) is 0 Å². The minimum absolute atomic E-state index is 0.626. The van der Waals surface area contributed by atoms with Gasteiger partial charge in [-0.05, 0) is 5.56 Å². The van der Waals surface area contributed by atoms with Gasteiger partial charge in [-0.3, -0.25) is 4.18 Å². The molecular weight excluding hydrogens is 220 g/mol. The molecule has 0 bridgehead atoms. The highest BCUT2D eigenvalue weighted by Gasteiger charge is 1.90. The third-order valence-corrected chi connectivity index (χ3v) is 1.90. The molecule has 1 heterocycles. The molecule has 0 spiro atoms. The molecule has 0 saturated carbocycles. The molecule has 15 heavy (non-hydrogen) atoms. The molecular formula is C8H14N2O4S. The van der Waals surface area contributed by atoms with E-state index < -0.39 is 10.4 Å². The lowest BCUT2D eigenvalue weighted by Gasteiger charge is -1.98. The van der Waals surface area contributed by atoms with Gasteiger partial charge in [0.15, 0.2) is 12.4 Å². The van der Waals surface area contributed by atoms with Crippen molar-refractivity contribution in [1.29, 1.82) is 0 Å². The summed E-state index contributed by atoms with van der Waals surface area (Å²) in [4.78, 5) is 0. The van der Waals surface area contributed by atoms with Gasteiger partial charge >= 0.3 is 0 Å². The van der Waals surface area contributed by atoms with Crippen LogP contribution in [0.1, 0.15) is 5.56 Å². The van der Waals surface area contributed by atoms with Crippen LogP contribution in [0.4, 0.5) is 0 Å². The number of hydrogen-bond acceptors (Lipinski definition) is 5. The first kappa shape index (κ1) is 14.0. The van der Waals surface area contributed by atoms with Crippen molar-refractivity contribution < 1.29 is 21.7 Å². The largest absolute Gasteiger partial charge is 0.726 e. The quantitative estimate of drug-likeness (QED) is 0.405. The molecule has 0 amide bonds. The van der Waals surface area contributed by atoms with Crippen LogP contribution in [-0.4, -0.2) is 20.1 Å². The molecule has 2 N–H and O–H groups in total. The Morgan fingerprint density at radius 3 is 2.13 bits per heavy atom. The third-order valence-electron chi connectivity index (χ3n) is 1.49. The highest BCUT2D eigenvalue weighted by molar-refractivity contribution is 7.80. The summed E-state index contributed by atoms with van der Waals surface area (Å²) in [5, 5.41) is 0. The van der Waals surface area contributed by atoms with Crippen molar-refractivity contribution in [2.45, 2.75) is 6.54 Å². The molecule has 1 aromatic rings. The molecule has 0 unspecified atom stereocenters. The highest BCUT2D eigenvalue weighted by atomic mass is 32.3. The minimum Gasteiger partial charge on any atom is -0.726 e. The van der Waals surface area contributed by atoms with Crippen LogP contribution in [0, 0.1) is 0 Å². The second-order valence-electron chi connectivity index (χ2n) is 2.65. The van der Waals surface area contributed by atoms with E-state index in [-0.39, 0.29) is 0 Å². The van der Waals surface area contributed by atoms with Crippen LogP contribution in [0.25, 0.3) is 0 Å². The van der Waals surface area contributed by atoms with Gasteiger partial charge in [0.1, 0.15) is 7.05 Å². The SMILES string of the molecule is COS(=O)(=O)[O-].C[n+]1ccc(CN)cc1. The van der Waals surface area contributed by atoms with E-state index in [1.807, 2.05) is 36.1 Å². The molecule has 0 saturated heterocycles. The Morgan fingerprint density at radius 1 is 1.47 bits per heavy atom. The summed E-state index contributed by atoms with van der Waals surface area (Å²) >= 11 is 0. The maximum atomic E-state index is 9.22. The normalized spacial score (nSPS) is 10.4. The minimum atomic E-state index is -4.41. The molecule has 0 aliphatic carbocycles. The fraction of sp³-hybridized carbons (Fsp3) is 0.375. The highest BCUT2D eigenvalue weighted by Crippen LogP contribution is 1.90. The van der Waals surface area contributed by atoms with E-state index in [0.717, 1.165) is 7.11 Å². The summed E-state index contributed by atoms with van der Waals surface area (Å²) in [6.07, 6.45) is 3.98. The second-order valence-corrected chi connectivity index (χ2v) is 3.80. The maximum Gasteiger partial charge on any atom is 0.217 e. The molecule has 7 heteroatoms. The number of nitrogens with zero attached hydrogens (tertiary/aromatic N) is 1. The second kappa shape index (κ2) is 6.46. The van der Waals surface area contributed by atoms with E-state index in [4.69, 9.17) is 5.73 Å². The van der Waals surface area contributed by atoms with E-state index in [1.165, 1.54) is 5.56 Å². The number of hydrogen-bond donors (Lipinski definition) is 1. The Kier molecular flexibility index (Phi) is 6.02. The van der Waals surface area contributed by atoms with E-state index >= 15 is 0 Å². The van der Waals surface area contributed by atoms with Crippen molar-refractivity contribution in [2.75, 3.05) is 7.11 Å². The van der Waals surface area contributed by atoms with Crippen LogP contribution in [0.3, 0.4) is 0 Å². The predicted octanol–water partition coefficient (Wildman–Crippen LogP) is -0.937. The topological polar surface area (TPSA) is 96.3 Å². The van der Waals surface area contributed by atoms with Gasteiger partial charge in [0, 0.05) is 18.7 Å². The molecule has 1 aromatic heterocycles.